The highest BCUT2D eigenvalue weighted by molar-refractivity contribution is 7.47. The Morgan fingerprint density at radius 3 is 0.792 bits per heavy atom. The zero-order valence-electron chi connectivity index (χ0n) is 65.5. The van der Waals surface area contributed by atoms with Gasteiger partial charge in [-0.25, -0.2) is 9.13 Å². The monoisotopic (exact) mass is 1520 g/mol. The second-order valence-corrected chi connectivity index (χ2v) is 28.8. The third-order valence-electron chi connectivity index (χ3n) is 15.8. The molecule has 0 spiro atoms. The molecule has 5 atom stereocenters. The zero-order chi connectivity index (χ0) is 77.4. The first kappa shape index (κ1) is 100. The van der Waals surface area contributed by atoms with E-state index in [0.717, 1.165) is 199 Å². The van der Waals surface area contributed by atoms with Crippen LogP contribution in [-0.2, 0) is 65.4 Å². The molecule has 0 rings (SSSR count). The van der Waals surface area contributed by atoms with Gasteiger partial charge >= 0.3 is 39.5 Å². The van der Waals surface area contributed by atoms with E-state index in [1.54, 1.807) is 0 Å². The lowest BCUT2D eigenvalue weighted by molar-refractivity contribution is -0.161. The highest BCUT2D eigenvalue weighted by atomic mass is 31.2. The Kier molecular flexibility index (Phi) is 73.1. The molecule has 5 unspecified atom stereocenters. The summed E-state index contributed by atoms with van der Waals surface area (Å²) >= 11 is 0. The number of rotatable bonds is 73. The molecule has 0 aliphatic rings. The van der Waals surface area contributed by atoms with Gasteiger partial charge in [-0.1, -0.05) is 274 Å². The average Bonchev–Trinajstić information content (AvgIpc) is 0.937. The van der Waals surface area contributed by atoms with Crippen molar-refractivity contribution in [2.24, 2.45) is 0 Å². The van der Waals surface area contributed by atoms with Crippen LogP contribution in [0.4, 0.5) is 0 Å². The standard InChI is InChI=1S/C87H140O17P2/c1-5-9-13-17-21-25-29-33-36-39-40-43-45-49-52-56-60-64-68-72-85(90)98-78-83(104-87(92)74-70-66-62-58-54-50-46-42-38-35-31-27-23-19-15-11-7-3)80-102-106(95,96)100-76-81(88)75-99-105(93,94)101-79-82(103-86(91)73-69-65-61-57-53-47-32-28-24-20-16-12-8-4)77-97-84(89)71-67-63-59-55-51-48-44-41-37-34-30-26-22-18-14-10-6-2/h9-11,13-16,20-23,25-28,32-38,40,43-44,46,48,50,55,59,81-83,88H,5-8,12,17-19,24,29-31,39,41-42,45,47,49,51-54,56-58,60-80H2,1-4H3,(H,93,94)(H,95,96)/b13-9-,14-10-,15-11-,20-16-,25-21-,26-22-,27-23-,32-28-,36-33-,37-34-,38-35-,43-40-,48-44-,50-46-,59-55-. The number of aliphatic hydroxyl groups excluding tert-OH is 1. The quantitative estimate of drug-likeness (QED) is 0.0169. The molecule has 0 saturated carbocycles. The second kappa shape index (κ2) is 77.3. The van der Waals surface area contributed by atoms with Crippen LogP contribution < -0.4 is 0 Å². The molecule has 0 aromatic carbocycles. The van der Waals surface area contributed by atoms with Gasteiger partial charge in [0.05, 0.1) is 26.4 Å². The van der Waals surface area contributed by atoms with Crippen molar-refractivity contribution in [3.05, 3.63) is 182 Å². The van der Waals surface area contributed by atoms with Crippen LogP contribution in [-0.4, -0.2) is 96.7 Å². The normalized spacial score (nSPS) is 14.8. The maximum Gasteiger partial charge on any atom is 0.472 e. The summed E-state index contributed by atoms with van der Waals surface area (Å²) in [4.78, 5) is 73.1. The lowest BCUT2D eigenvalue weighted by Crippen LogP contribution is -2.30. The average molecular weight is 1520 g/mol. The van der Waals surface area contributed by atoms with Crippen molar-refractivity contribution >= 4 is 39.5 Å². The van der Waals surface area contributed by atoms with Gasteiger partial charge in [-0.2, -0.15) is 0 Å². The molecule has 3 N–H and O–H groups in total. The minimum atomic E-state index is -5.00. The number of phosphoric acid groups is 2. The number of esters is 4. The van der Waals surface area contributed by atoms with Crippen molar-refractivity contribution in [2.75, 3.05) is 39.6 Å². The molecular formula is C87H140O17P2. The Bertz CT molecular complexity index is 2730. The van der Waals surface area contributed by atoms with Gasteiger partial charge in [0.1, 0.15) is 19.3 Å². The first-order valence-corrected chi connectivity index (χ1v) is 43.0. The Labute approximate surface area is 641 Å². The molecule has 0 aromatic rings. The van der Waals surface area contributed by atoms with Crippen LogP contribution in [0.2, 0.25) is 0 Å². The van der Waals surface area contributed by atoms with Crippen LogP contribution in [0.3, 0.4) is 0 Å². The summed E-state index contributed by atoms with van der Waals surface area (Å²) in [5.41, 5.74) is 0. The Morgan fingerprint density at radius 1 is 0.274 bits per heavy atom. The predicted octanol–water partition coefficient (Wildman–Crippen LogP) is 23.6. The van der Waals surface area contributed by atoms with Crippen molar-refractivity contribution in [3.63, 3.8) is 0 Å². The number of allylic oxidation sites excluding steroid dienone is 30. The fraction of sp³-hybridized carbons (Fsp3) is 0.609. The number of phosphoric ester groups is 2. The third-order valence-corrected chi connectivity index (χ3v) is 17.7. The van der Waals surface area contributed by atoms with Crippen LogP contribution in [0, 0.1) is 0 Å². The van der Waals surface area contributed by atoms with Crippen molar-refractivity contribution in [1.82, 2.24) is 0 Å². The van der Waals surface area contributed by atoms with E-state index < -0.39 is 97.5 Å². The number of ether oxygens (including phenoxy) is 4. The van der Waals surface area contributed by atoms with Crippen LogP contribution in [0.25, 0.3) is 0 Å². The molecule has 0 fully saturated rings. The van der Waals surface area contributed by atoms with E-state index in [4.69, 9.17) is 37.0 Å². The van der Waals surface area contributed by atoms with E-state index >= 15 is 0 Å². The summed E-state index contributed by atoms with van der Waals surface area (Å²) in [7, 11) is -10.0. The van der Waals surface area contributed by atoms with Crippen molar-refractivity contribution in [2.45, 2.75) is 303 Å². The molecular weight excluding hydrogens is 1380 g/mol. The molecule has 0 bridgehead atoms. The fourth-order valence-electron chi connectivity index (χ4n) is 9.86. The highest BCUT2D eigenvalue weighted by Gasteiger charge is 2.30. The van der Waals surface area contributed by atoms with Gasteiger partial charge in [-0.3, -0.25) is 37.3 Å². The topological polar surface area (TPSA) is 237 Å². The molecule has 0 radical (unpaired) electrons. The summed E-state index contributed by atoms with van der Waals surface area (Å²) in [5, 5.41) is 10.6. The smallest absolute Gasteiger partial charge is 0.462 e. The fourth-order valence-corrected chi connectivity index (χ4v) is 11.4. The van der Waals surface area contributed by atoms with Crippen LogP contribution >= 0.6 is 15.6 Å². The van der Waals surface area contributed by atoms with Gasteiger partial charge in [-0.15, -0.1) is 0 Å². The molecule has 0 aliphatic heterocycles. The number of hydrogen-bond acceptors (Lipinski definition) is 15. The number of aliphatic hydroxyl groups is 1. The minimum Gasteiger partial charge on any atom is -0.462 e. The van der Waals surface area contributed by atoms with E-state index in [2.05, 4.69) is 198 Å². The Hall–Kier alpha value is -5.84. The lowest BCUT2D eigenvalue weighted by Gasteiger charge is -2.21. The molecule has 17 nitrogen and oxygen atoms in total. The van der Waals surface area contributed by atoms with Crippen molar-refractivity contribution in [3.8, 4) is 0 Å². The summed E-state index contributed by atoms with van der Waals surface area (Å²) in [5.74, 6) is -2.32. The van der Waals surface area contributed by atoms with Gasteiger partial charge in [0.15, 0.2) is 12.2 Å². The van der Waals surface area contributed by atoms with E-state index in [9.17, 15) is 43.2 Å². The summed E-state index contributed by atoms with van der Waals surface area (Å²) < 4.78 is 68.5. The number of carbonyl (C=O) groups excluding carboxylic acids is 4. The third kappa shape index (κ3) is 76.4. The molecule has 0 aliphatic carbocycles. The minimum absolute atomic E-state index is 0.0550. The SMILES string of the molecule is CC/C=C\C/C=C\C/C=C\C/C=C\C/C=C\CCCC(=O)OCC(COP(=O)(O)OCC(O)COP(=O)(O)OCC(COC(=O)CCCCCCCC/C=C\C/C=C\C/C=C\C/C=C\CC)OC(=O)CCCCCC/C=C\C/C=C\C/C=C\C/C=C\CC)OC(=O)CCCCCCC/C=C\C/C=C\CCC. The van der Waals surface area contributed by atoms with Gasteiger partial charge in [0.25, 0.3) is 0 Å². The van der Waals surface area contributed by atoms with Crippen molar-refractivity contribution < 1.29 is 80.2 Å². The number of carbonyl (C=O) groups is 4. The zero-order valence-corrected chi connectivity index (χ0v) is 67.3. The molecule has 0 amide bonds. The molecule has 106 heavy (non-hydrogen) atoms. The first-order valence-electron chi connectivity index (χ1n) is 40.0. The second-order valence-electron chi connectivity index (χ2n) is 25.9. The van der Waals surface area contributed by atoms with Crippen LogP contribution in [0.5, 0.6) is 0 Å². The van der Waals surface area contributed by atoms with E-state index in [1.807, 2.05) is 12.2 Å². The lowest BCUT2D eigenvalue weighted by atomic mass is 10.1. The van der Waals surface area contributed by atoms with E-state index in [-0.39, 0.29) is 25.7 Å². The van der Waals surface area contributed by atoms with Gasteiger partial charge < -0.3 is 33.8 Å². The Balaban J connectivity index is 5.47. The maximum absolute atomic E-state index is 13.1. The van der Waals surface area contributed by atoms with Crippen LogP contribution in [0.15, 0.2) is 182 Å². The summed E-state index contributed by atoms with van der Waals surface area (Å²) in [6.07, 6.45) is 93.0. The summed E-state index contributed by atoms with van der Waals surface area (Å²) in [6.45, 7) is 4.32. The molecule has 0 saturated heterocycles. The number of unbranched alkanes of at least 4 members (excludes halogenated alkanes) is 17. The van der Waals surface area contributed by atoms with Gasteiger partial charge in [0, 0.05) is 25.7 Å². The van der Waals surface area contributed by atoms with E-state index in [0.29, 0.717) is 32.1 Å². The molecule has 600 valence electrons. The predicted molar refractivity (Wildman–Crippen MR) is 436 cm³/mol. The molecule has 0 heterocycles. The highest BCUT2D eigenvalue weighted by Crippen LogP contribution is 2.45. The maximum atomic E-state index is 13.1. The largest absolute Gasteiger partial charge is 0.472 e. The van der Waals surface area contributed by atoms with Crippen LogP contribution in [0.1, 0.15) is 285 Å². The van der Waals surface area contributed by atoms with Crippen molar-refractivity contribution in [1.29, 1.82) is 0 Å². The first-order chi connectivity index (χ1) is 51.7. The van der Waals surface area contributed by atoms with E-state index in [1.165, 1.54) is 0 Å². The van der Waals surface area contributed by atoms with Gasteiger partial charge in [0.2, 0.25) is 0 Å². The molecule has 0 aromatic heterocycles. The Morgan fingerprint density at radius 2 is 0.500 bits per heavy atom. The molecule has 19 heteroatoms. The number of hydrogen-bond donors (Lipinski definition) is 3. The van der Waals surface area contributed by atoms with Gasteiger partial charge in [-0.05, 0) is 167 Å². The summed E-state index contributed by atoms with van der Waals surface area (Å²) in [6, 6.07) is 0.